The zero-order chi connectivity index (χ0) is 18.2. The van der Waals surface area contributed by atoms with E-state index in [2.05, 4.69) is 0 Å². The molecule has 0 unspecified atom stereocenters. The van der Waals surface area contributed by atoms with Crippen LogP contribution in [0.5, 0.6) is 0 Å². The third-order valence-corrected chi connectivity index (χ3v) is 7.40. The van der Waals surface area contributed by atoms with Gasteiger partial charge in [-0.25, -0.2) is 12.8 Å². The van der Waals surface area contributed by atoms with Gasteiger partial charge in [0.15, 0.2) is 9.84 Å². The smallest absolute Gasteiger partial charge is 0.182 e. The Morgan fingerprint density at radius 1 is 1.20 bits per heavy atom. The van der Waals surface area contributed by atoms with Crippen molar-refractivity contribution in [2.75, 3.05) is 13.7 Å². The maximum absolute atomic E-state index is 13.3. The average Bonchev–Trinajstić information content (AvgIpc) is 3.28. The number of hydrogen-bond donors (Lipinski definition) is 1. The fraction of sp³-hybridized carbons (Fsp3) is 0.278. The van der Waals surface area contributed by atoms with Crippen molar-refractivity contribution in [2.45, 2.75) is 16.1 Å². The quantitative estimate of drug-likeness (QED) is 0.782. The van der Waals surface area contributed by atoms with Gasteiger partial charge < -0.3 is 10.5 Å². The number of ether oxygens (including phenoxy) is 1. The van der Waals surface area contributed by atoms with Gasteiger partial charge in [0.05, 0.1) is 27.2 Å². The number of benzene rings is 2. The Hall–Kier alpha value is -1.83. The zero-order valence-electron chi connectivity index (χ0n) is 13.6. The Balaban J connectivity index is 2.12. The topological polar surface area (TPSA) is 69.4 Å². The van der Waals surface area contributed by atoms with Crippen LogP contribution in [0.25, 0.3) is 0 Å². The lowest BCUT2D eigenvalue weighted by molar-refractivity contribution is 0.166. The van der Waals surface area contributed by atoms with Crippen LogP contribution in [-0.2, 0) is 14.6 Å². The van der Waals surface area contributed by atoms with E-state index in [1.807, 2.05) is 0 Å². The van der Waals surface area contributed by atoms with Gasteiger partial charge in [-0.15, -0.1) is 0 Å². The Bertz CT molecular complexity index is 884. The van der Waals surface area contributed by atoms with Crippen LogP contribution in [0, 0.1) is 11.2 Å². The van der Waals surface area contributed by atoms with E-state index in [9.17, 15) is 12.8 Å². The normalized spacial score (nSPS) is 25.5. The van der Waals surface area contributed by atoms with Crippen molar-refractivity contribution in [2.24, 2.45) is 11.1 Å². The van der Waals surface area contributed by atoms with Crippen LogP contribution >= 0.6 is 12.2 Å². The van der Waals surface area contributed by atoms with Crippen LogP contribution in [0.1, 0.15) is 11.5 Å². The molecule has 0 aliphatic heterocycles. The van der Waals surface area contributed by atoms with Crippen molar-refractivity contribution >= 4 is 27.0 Å². The summed E-state index contributed by atoms with van der Waals surface area (Å²) in [5, 5.41) is -0.842. The molecule has 7 heteroatoms. The van der Waals surface area contributed by atoms with Crippen molar-refractivity contribution in [3.63, 3.8) is 0 Å². The molecule has 25 heavy (non-hydrogen) atoms. The summed E-state index contributed by atoms with van der Waals surface area (Å²) in [6, 6.07) is 13.9. The lowest BCUT2D eigenvalue weighted by Gasteiger charge is -2.16. The largest absolute Gasteiger partial charge is 0.393 e. The molecule has 0 saturated heterocycles. The second kappa shape index (κ2) is 6.48. The van der Waals surface area contributed by atoms with E-state index in [0.29, 0.717) is 5.56 Å². The van der Waals surface area contributed by atoms with Crippen LogP contribution in [-0.4, -0.2) is 32.4 Å². The molecule has 0 bridgehead atoms. The van der Waals surface area contributed by atoms with E-state index < -0.39 is 26.4 Å². The molecule has 0 heterocycles. The van der Waals surface area contributed by atoms with E-state index in [4.69, 9.17) is 22.7 Å². The van der Waals surface area contributed by atoms with Gasteiger partial charge in [0, 0.05) is 13.0 Å². The summed E-state index contributed by atoms with van der Waals surface area (Å²) < 4.78 is 44.9. The van der Waals surface area contributed by atoms with Gasteiger partial charge >= 0.3 is 0 Å². The van der Waals surface area contributed by atoms with E-state index in [-0.39, 0.29) is 22.3 Å². The van der Waals surface area contributed by atoms with Gasteiger partial charge in [0.2, 0.25) is 0 Å². The molecule has 2 aromatic rings. The number of nitrogens with two attached hydrogens (primary N) is 1. The van der Waals surface area contributed by atoms with Crippen LogP contribution in [0.3, 0.4) is 0 Å². The first kappa shape index (κ1) is 18.0. The van der Waals surface area contributed by atoms with Gasteiger partial charge in [-0.3, -0.25) is 0 Å². The number of hydrogen-bond acceptors (Lipinski definition) is 4. The highest BCUT2D eigenvalue weighted by atomic mass is 32.2. The molecule has 1 aliphatic carbocycles. The Labute approximate surface area is 151 Å². The minimum absolute atomic E-state index is 0.0844. The highest BCUT2D eigenvalue weighted by molar-refractivity contribution is 7.92. The van der Waals surface area contributed by atoms with E-state index in [1.165, 1.54) is 19.2 Å². The minimum Gasteiger partial charge on any atom is -0.393 e. The SMILES string of the molecule is COC[C@@]1(C(N)=S)[C@@H](c2ccc(F)cc2)[C@@H]1S(=O)(=O)c1ccccc1. The Kier molecular flexibility index (Phi) is 4.66. The summed E-state index contributed by atoms with van der Waals surface area (Å²) in [6.45, 7) is 0.0844. The lowest BCUT2D eigenvalue weighted by Crippen LogP contribution is -2.33. The Morgan fingerprint density at radius 3 is 2.32 bits per heavy atom. The molecule has 1 fully saturated rings. The molecule has 1 saturated carbocycles. The first-order chi connectivity index (χ1) is 11.9. The molecule has 0 spiro atoms. The van der Waals surface area contributed by atoms with Crippen LogP contribution in [0.4, 0.5) is 4.39 Å². The van der Waals surface area contributed by atoms with Crippen LogP contribution in [0.2, 0.25) is 0 Å². The van der Waals surface area contributed by atoms with Crippen molar-refractivity contribution in [3.05, 3.63) is 66.0 Å². The molecule has 0 radical (unpaired) electrons. The monoisotopic (exact) mass is 379 g/mol. The molecule has 2 N–H and O–H groups in total. The molecule has 0 amide bonds. The van der Waals surface area contributed by atoms with Gasteiger partial charge in [-0.05, 0) is 29.8 Å². The van der Waals surface area contributed by atoms with Gasteiger partial charge in [0.25, 0.3) is 0 Å². The van der Waals surface area contributed by atoms with Gasteiger partial charge in [0.1, 0.15) is 5.82 Å². The fourth-order valence-electron chi connectivity index (χ4n) is 3.54. The summed E-state index contributed by atoms with van der Waals surface area (Å²) in [7, 11) is -2.21. The second-order valence-corrected chi connectivity index (χ2v) is 8.65. The summed E-state index contributed by atoms with van der Waals surface area (Å²) >= 11 is 5.22. The number of methoxy groups -OCH3 is 1. The molecule has 4 nitrogen and oxygen atoms in total. The van der Waals surface area contributed by atoms with Crippen LogP contribution < -0.4 is 5.73 Å². The molecule has 3 atom stereocenters. The van der Waals surface area contributed by atoms with Crippen molar-refractivity contribution in [1.82, 2.24) is 0 Å². The second-order valence-electron chi connectivity index (χ2n) is 6.15. The maximum Gasteiger partial charge on any atom is 0.182 e. The average molecular weight is 379 g/mol. The predicted octanol–water partition coefficient (Wildman–Crippen LogP) is 2.68. The molecule has 1 aliphatic rings. The first-order valence-electron chi connectivity index (χ1n) is 7.69. The molecule has 0 aromatic heterocycles. The predicted molar refractivity (Wildman–Crippen MR) is 97.7 cm³/mol. The van der Waals surface area contributed by atoms with Gasteiger partial charge in [-0.2, -0.15) is 0 Å². The highest BCUT2D eigenvalue weighted by Gasteiger charge is 2.73. The molecule has 2 aromatic carbocycles. The summed E-state index contributed by atoms with van der Waals surface area (Å²) in [4.78, 5) is 0.300. The number of sulfone groups is 1. The summed E-state index contributed by atoms with van der Waals surface area (Å²) in [5.74, 6) is -0.865. The minimum atomic E-state index is -3.69. The third-order valence-electron chi connectivity index (χ3n) is 4.73. The first-order valence-corrected chi connectivity index (χ1v) is 9.64. The van der Waals surface area contributed by atoms with Gasteiger partial charge in [-0.1, -0.05) is 42.5 Å². The van der Waals surface area contributed by atoms with Crippen molar-refractivity contribution in [1.29, 1.82) is 0 Å². The number of rotatable bonds is 6. The highest BCUT2D eigenvalue weighted by Crippen LogP contribution is 2.64. The third kappa shape index (κ3) is 2.86. The van der Waals surface area contributed by atoms with E-state index >= 15 is 0 Å². The maximum atomic E-state index is 13.3. The summed E-state index contributed by atoms with van der Waals surface area (Å²) in [6.07, 6.45) is 0. The fourth-order valence-corrected chi connectivity index (χ4v) is 6.33. The molecule has 132 valence electrons. The summed E-state index contributed by atoms with van der Waals surface area (Å²) in [5.41, 5.74) is 5.63. The number of halogens is 1. The van der Waals surface area contributed by atoms with Crippen molar-refractivity contribution in [3.8, 4) is 0 Å². The Morgan fingerprint density at radius 2 is 1.80 bits per heavy atom. The molecular formula is C18H18FNO3S2. The van der Waals surface area contributed by atoms with E-state index in [1.54, 1.807) is 42.5 Å². The standard InChI is InChI=1S/C18H18FNO3S2/c1-23-11-18(17(20)24)15(12-7-9-13(19)10-8-12)16(18)25(21,22)14-5-3-2-4-6-14/h2-10,15-16H,11H2,1H3,(H2,20,24)/t15-,16-,18+/m0/s1. The molecule has 3 rings (SSSR count). The molecular weight excluding hydrogens is 361 g/mol. The van der Waals surface area contributed by atoms with Crippen LogP contribution in [0.15, 0.2) is 59.5 Å². The lowest BCUT2D eigenvalue weighted by atomic mass is 10.00. The van der Waals surface area contributed by atoms with E-state index in [0.717, 1.165) is 0 Å². The zero-order valence-corrected chi connectivity index (χ0v) is 15.2. The van der Waals surface area contributed by atoms with Crippen molar-refractivity contribution < 1.29 is 17.5 Å². The number of thiocarbonyl (C=S) groups is 1.